The Morgan fingerprint density at radius 2 is 1.01 bits per heavy atom. The van der Waals surface area contributed by atoms with E-state index in [1.165, 1.54) is 16.7 Å². The first-order valence-corrected chi connectivity index (χ1v) is 27.6. The van der Waals surface area contributed by atoms with Gasteiger partial charge < -0.3 is 24.8 Å². The molecule has 6 heterocycles. The first-order valence-electron chi connectivity index (χ1n) is 27.6. The Labute approximate surface area is 455 Å². The van der Waals surface area contributed by atoms with Crippen molar-refractivity contribution in [1.82, 2.24) is 30.2 Å². The minimum absolute atomic E-state index is 0.0779. The van der Waals surface area contributed by atoms with E-state index in [1.807, 2.05) is 36.4 Å². The molecule has 4 fully saturated rings. The van der Waals surface area contributed by atoms with Gasteiger partial charge in [0, 0.05) is 73.3 Å². The van der Waals surface area contributed by atoms with Crippen LogP contribution in [-0.2, 0) is 43.0 Å². The number of H-pyrrole nitrogens is 2. The van der Waals surface area contributed by atoms with Crippen molar-refractivity contribution in [3.8, 4) is 5.75 Å². The van der Waals surface area contributed by atoms with Crippen molar-refractivity contribution < 1.29 is 23.8 Å². The van der Waals surface area contributed by atoms with E-state index >= 15 is 0 Å². The summed E-state index contributed by atoms with van der Waals surface area (Å²) in [6.45, 7) is 14.4. The van der Waals surface area contributed by atoms with Gasteiger partial charge in [0.1, 0.15) is 5.75 Å². The number of carbonyl (C=O) groups is 2. The van der Waals surface area contributed by atoms with E-state index in [4.69, 9.17) is 14.2 Å². The van der Waals surface area contributed by atoms with Crippen LogP contribution in [0.25, 0.3) is 46.1 Å². The van der Waals surface area contributed by atoms with E-state index in [0.717, 1.165) is 130 Å². The zero-order valence-corrected chi connectivity index (χ0v) is 44.9. The van der Waals surface area contributed by atoms with E-state index in [0.29, 0.717) is 0 Å². The highest BCUT2D eigenvalue weighted by Gasteiger charge is 2.66. The molecule has 2 aliphatic carbocycles. The number of fused-ring (bicyclic) bond motifs is 6. The molecule has 8 atom stereocenters. The van der Waals surface area contributed by atoms with Gasteiger partial charge in [-0.1, -0.05) is 103 Å². The zero-order valence-electron chi connectivity index (χ0n) is 44.9. The minimum Gasteiger partial charge on any atom is -0.497 e. The summed E-state index contributed by atoms with van der Waals surface area (Å²) in [7, 11) is 1.66. The van der Waals surface area contributed by atoms with Crippen molar-refractivity contribution in [3.05, 3.63) is 183 Å². The first kappa shape index (κ1) is 49.9. The van der Waals surface area contributed by atoms with Crippen LogP contribution < -0.4 is 15.4 Å². The van der Waals surface area contributed by atoms with E-state index in [1.54, 1.807) is 7.11 Å². The number of ether oxygens (including phenoxy) is 3. The Hall–Kier alpha value is -7.68. The molecule has 396 valence electrons. The number of aromatic amines is 2. The van der Waals surface area contributed by atoms with Crippen LogP contribution in [-0.4, -0.2) is 99.7 Å². The normalized spacial score (nSPS) is 26.4. The number of aromatic nitrogens is 4. The summed E-state index contributed by atoms with van der Waals surface area (Å²) in [6.07, 6.45) is 11.1. The van der Waals surface area contributed by atoms with Crippen molar-refractivity contribution in [2.24, 2.45) is 0 Å². The number of rotatable bonds is 11. The molecule has 6 aliphatic rings. The molecule has 4 aliphatic heterocycles. The van der Waals surface area contributed by atoms with Crippen LogP contribution in [0.3, 0.4) is 0 Å². The van der Waals surface area contributed by atoms with E-state index < -0.39 is 10.8 Å². The van der Waals surface area contributed by atoms with Gasteiger partial charge in [0.05, 0.1) is 64.8 Å². The summed E-state index contributed by atoms with van der Waals surface area (Å²) in [4.78, 5) is 30.9. The number of benzene rings is 6. The maximum Gasteiger partial charge on any atom is 0.235 e. The second-order valence-electron chi connectivity index (χ2n) is 22.7. The molecule has 78 heavy (non-hydrogen) atoms. The second-order valence-corrected chi connectivity index (χ2v) is 22.7. The number of carbonyl (C=O) groups excluding carboxylic acids is 2. The maximum atomic E-state index is 13.0. The van der Waals surface area contributed by atoms with E-state index in [9.17, 15) is 9.59 Å². The molecule has 2 saturated heterocycles. The third-order valence-electron chi connectivity index (χ3n) is 17.0. The number of para-hydroxylation sites is 1. The molecule has 4 N–H and O–H groups in total. The van der Waals surface area contributed by atoms with Crippen molar-refractivity contribution in [1.29, 1.82) is 0 Å². The average Bonchev–Trinajstić information content (AvgIpc) is 4.34. The molecule has 2 spiro atoms. The van der Waals surface area contributed by atoms with Crippen molar-refractivity contribution in [2.45, 2.75) is 101 Å². The van der Waals surface area contributed by atoms with E-state index in [2.05, 4.69) is 184 Å². The van der Waals surface area contributed by atoms with Crippen molar-refractivity contribution in [2.75, 3.05) is 43.9 Å². The monoisotopic (exact) mass is 1040 g/mol. The number of amides is 2. The Balaban J connectivity index is 0.000000149. The van der Waals surface area contributed by atoms with Gasteiger partial charge in [-0.15, -0.1) is 0 Å². The molecule has 13 nitrogen and oxygen atoms in total. The predicted octanol–water partition coefficient (Wildman–Crippen LogP) is 11.4. The smallest absolute Gasteiger partial charge is 0.235 e. The molecule has 0 bridgehead atoms. The molecule has 2 aromatic heterocycles. The Bertz CT molecular complexity index is 3640. The van der Waals surface area contributed by atoms with Crippen molar-refractivity contribution >= 4 is 69.3 Å². The molecule has 0 unspecified atom stereocenters. The molecular weight excluding hydrogens is 973 g/mol. The van der Waals surface area contributed by atoms with Crippen LogP contribution in [0.4, 0.5) is 11.4 Å². The zero-order chi connectivity index (χ0) is 53.3. The van der Waals surface area contributed by atoms with Gasteiger partial charge in [-0.05, 0) is 134 Å². The number of nitrogens with one attached hydrogen (secondary N) is 4. The van der Waals surface area contributed by atoms with Crippen LogP contribution in [0.5, 0.6) is 5.75 Å². The largest absolute Gasteiger partial charge is 0.497 e. The molecule has 14 rings (SSSR count). The van der Waals surface area contributed by atoms with Crippen LogP contribution in [0.2, 0.25) is 0 Å². The number of anilines is 2. The van der Waals surface area contributed by atoms with Gasteiger partial charge in [-0.2, -0.15) is 10.2 Å². The topological polar surface area (TPSA) is 150 Å². The predicted molar refractivity (Wildman–Crippen MR) is 308 cm³/mol. The Morgan fingerprint density at radius 1 is 0.551 bits per heavy atom. The third kappa shape index (κ3) is 9.31. The van der Waals surface area contributed by atoms with Crippen LogP contribution in [0, 0.1) is 0 Å². The summed E-state index contributed by atoms with van der Waals surface area (Å²) in [5.41, 5.74) is 14.1. The fourth-order valence-electron chi connectivity index (χ4n) is 13.2. The highest BCUT2D eigenvalue weighted by atomic mass is 16.5. The van der Waals surface area contributed by atoms with Gasteiger partial charge in [0.15, 0.2) is 0 Å². The lowest BCUT2D eigenvalue weighted by Gasteiger charge is -2.35. The Kier molecular flexibility index (Phi) is 12.8. The van der Waals surface area contributed by atoms with E-state index in [-0.39, 0.29) is 48.1 Å². The molecule has 8 aromatic rings. The molecule has 2 amide bonds. The fraction of sp³-hybridized carbons (Fsp3) is 0.323. The standard InChI is InChI=1S/C33H34N4O3.C32H32N4O2/c1-20-17-37(18-21(2)40-20)19-23-6-4-22(5-7-23)8-12-29-26-11-9-24(14-31(26)36-35-29)28-16-33(28)27-15-25(39-3)10-13-30(27)34-32(33)38;1-20-17-36(18-21(2)38-20)19-23-9-7-22(8-10-23)11-14-28-25-13-12-24(15-30(25)35-34-28)27-16-32(27)26-5-3-4-6-29(26)33-31(32)37/h4-15,20-21,28H,16-19H2,1-3H3,(H,34,38)(H,35,36);3-15,20-21,27H,16-19H2,1-2H3,(H,33,37)(H,34,35)/b12-8+;14-11+/t20-,21+,28-,33-;20-,21+,27-,32-/m00/s1. The summed E-state index contributed by atoms with van der Waals surface area (Å²) in [5.74, 6) is 1.30. The average molecular weight is 1040 g/mol. The maximum absolute atomic E-state index is 13.0. The minimum atomic E-state index is -0.509. The van der Waals surface area contributed by atoms with Gasteiger partial charge in [0.2, 0.25) is 11.8 Å². The highest BCUT2D eigenvalue weighted by molar-refractivity contribution is 6.11. The van der Waals surface area contributed by atoms with Gasteiger partial charge >= 0.3 is 0 Å². The number of nitrogens with zero attached hydrogens (tertiary/aromatic N) is 4. The summed E-state index contributed by atoms with van der Waals surface area (Å²) >= 11 is 0. The quantitative estimate of drug-likeness (QED) is 0.0993. The lowest BCUT2D eigenvalue weighted by atomic mass is 9.91. The molecule has 13 heteroatoms. The Morgan fingerprint density at radius 3 is 1.50 bits per heavy atom. The van der Waals surface area contributed by atoms with Crippen LogP contribution >= 0.6 is 0 Å². The third-order valence-corrected chi connectivity index (χ3v) is 17.0. The molecule has 0 radical (unpaired) electrons. The number of methoxy groups -OCH3 is 1. The first-order chi connectivity index (χ1) is 37.9. The van der Waals surface area contributed by atoms with Gasteiger partial charge in [0.25, 0.3) is 0 Å². The lowest BCUT2D eigenvalue weighted by molar-refractivity contribution is -0.118. The SMILES string of the molecule is COc1ccc2c(c1)[C@]1(C[C@H]1c1ccc3c(/C=C/c4ccc(CN5C[C@@H](C)O[C@@H](C)C5)cc4)n[nH]c3c1)C(=O)N2.C[C@@H]1CN(Cc2ccc(/C=C/c3n[nH]c4cc([C@@H]5C[C@@]56C(=O)Nc5ccccc56)ccc34)cc2)C[C@H](C)O1. The van der Waals surface area contributed by atoms with Crippen LogP contribution in [0.15, 0.2) is 127 Å². The lowest BCUT2D eigenvalue weighted by Crippen LogP contribution is -2.44. The highest BCUT2D eigenvalue weighted by Crippen LogP contribution is 2.66. The summed E-state index contributed by atoms with van der Waals surface area (Å²) in [5, 5.41) is 23.8. The van der Waals surface area contributed by atoms with Gasteiger partial charge in [-0.3, -0.25) is 29.6 Å². The van der Waals surface area contributed by atoms with Gasteiger partial charge in [-0.25, -0.2) is 0 Å². The summed E-state index contributed by atoms with van der Waals surface area (Å²) < 4.78 is 17.1. The molecule has 2 saturated carbocycles. The number of morpholine rings is 2. The summed E-state index contributed by atoms with van der Waals surface area (Å²) in [6, 6.07) is 44.3. The van der Waals surface area contributed by atoms with Crippen LogP contribution in [0.1, 0.15) is 108 Å². The number of hydrogen-bond donors (Lipinski definition) is 4. The molecule has 6 aromatic carbocycles. The fourth-order valence-corrected chi connectivity index (χ4v) is 13.2. The second kappa shape index (κ2) is 20.0. The van der Waals surface area contributed by atoms with Crippen molar-refractivity contribution in [3.63, 3.8) is 0 Å². The number of hydrogen-bond acceptors (Lipinski definition) is 9. The molecular formula is C65H66N8O5.